The van der Waals surface area contributed by atoms with Crippen molar-refractivity contribution in [3.05, 3.63) is 89.5 Å². The smallest absolute Gasteiger partial charge is 0.255 e. The molecule has 0 aliphatic carbocycles. The summed E-state index contributed by atoms with van der Waals surface area (Å²) in [6.07, 6.45) is 0. The largest absolute Gasteiger partial charge is 0.497 e. The number of rotatable bonds is 7. The van der Waals surface area contributed by atoms with Crippen LogP contribution in [-0.2, 0) is 6.61 Å². The molecule has 0 saturated carbocycles. The molecule has 0 aliphatic rings. The fraction of sp³-hybridized carbons (Fsp3) is 0.130. The normalized spacial score (nSPS) is 10.2. The summed E-state index contributed by atoms with van der Waals surface area (Å²) >= 11 is 0. The highest BCUT2D eigenvalue weighted by Crippen LogP contribution is 2.26. The van der Waals surface area contributed by atoms with E-state index in [1.54, 1.807) is 43.5 Å². The Morgan fingerprint density at radius 3 is 2.43 bits per heavy atom. The van der Waals surface area contributed by atoms with Crippen LogP contribution in [0.2, 0.25) is 0 Å². The number of amides is 1. The summed E-state index contributed by atoms with van der Waals surface area (Å²) in [5.74, 6) is 0.773. The van der Waals surface area contributed by atoms with Gasteiger partial charge >= 0.3 is 0 Å². The van der Waals surface area contributed by atoms with E-state index in [2.05, 4.69) is 5.32 Å². The number of Topliss-reactive ketones (excluding diaryl/α,β-unsaturated/α-hetero) is 1. The lowest BCUT2D eigenvalue weighted by molar-refractivity contribution is 0.101. The molecule has 5 heteroatoms. The molecule has 3 rings (SSSR count). The Hall–Kier alpha value is -3.60. The Morgan fingerprint density at radius 1 is 0.929 bits per heavy atom. The molecule has 1 N–H and O–H groups in total. The molecule has 0 heterocycles. The molecule has 0 saturated heterocycles. The minimum atomic E-state index is -0.196. The average Bonchev–Trinajstić information content (AvgIpc) is 2.72. The highest BCUT2D eigenvalue weighted by molar-refractivity contribution is 6.04. The van der Waals surface area contributed by atoms with Crippen molar-refractivity contribution < 1.29 is 19.1 Å². The zero-order valence-corrected chi connectivity index (χ0v) is 15.8. The number of para-hydroxylation sites is 1. The number of anilines is 1. The third-order valence-electron chi connectivity index (χ3n) is 4.18. The molecule has 0 bridgehead atoms. The first-order valence-corrected chi connectivity index (χ1v) is 8.84. The molecule has 0 aliphatic heterocycles. The lowest BCUT2D eigenvalue weighted by Crippen LogP contribution is -2.12. The van der Waals surface area contributed by atoms with Crippen LogP contribution < -0.4 is 14.8 Å². The highest BCUT2D eigenvalue weighted by atomic mass is 16.5. The Balaban J connectivity index is 1.73. The van der Waals surface area contributed by atoms with Crippen LogP contribution in [0.3, 0.4) is 0 Å². The summed E-state index contributed by atoms with van der Waals surface area (Å²) < 4.78 is 11.1. The molecule has 0 unspecified atom stereocenters. The fourth-order valence-electron chi connectivity index (χ4n) is 2.73. The van der Waals surface area contributed by atoms with E-state index in [9.17, 15) is 9.59 Å². The van der Waals surface area contributed by atoms with Crippen LogP contribution in [0.1, 0.15) is 33.2 Å². The van der Waals surface area contributed by atoms with Gasteiger partial charge < -0.3 is 14.8 Å². The molecule has 0 radical (unpaired) electrons. The first kappa shape index (κ1) is 19.2. The fourth-order valence-corrected chi connectivity index (χ4v) is 2.73. The summed E-state index contributed by atoms with van der Waals surface area (Å²) in [6, 6.07) is 21.5. The van der Waals surface area contributed by atoms with Gasteiger partial charge in [-0.3, -0.25) is 9.59 Å². The topological polar surface area (TPSA) is 64.6 Å². The summed E-state index contributed by atoms with van der Waals surface area (Å²) in [4.78, 5) is 24.3. The Morgan fingerprint density at radius 2 is 1.71 bits per heavy atom. The van der Waals surface area contributed by atoms with Crippen molar-refractivity contribution in [1.29, 1.82) is 0 Å². The van der Waals surface area contributed by atoms with Crippen LogP contribution in [0, 0.1) is 0 Å². The van der Waals surface area contributed by atoms with Crippen molar-refractivity contribution in [1.82, 2.24) is 0 Å². The van der Waals surface area contributed by atoms with Gasteiger partial charge in [-0.2, -0.15) is 0 Å². The number of hydrogen-bond acceptors (Lipinski definition) is 4. The van der Waals surface area contributed by atoms with Crippen LogP contribution in [0.4, 0.5) is 5.69 Å². The van der Waals surface area contributed by atoms with E-state index in [0.29, 0.717) is 22.6 Å². The lowest BCUT2D eigenvalue weighted by Gasteiger charge is -2.12. The predicted molar refractivity (Wildman–Crippen MR) is 108 cm³/mol. The SMILES string of the molecule is COc1ccc(C(C)=O)c(OCc2cccc(C(=O)Nc3ccccc3)c2)c1. The number of methoxy groups -OCH3 is 1. The lowest BCUT2D eigenvalue weighted by atomic mass is 10.1. The van der Waals surface area contributed by atoms with Crippen LogP contribution in [0.25, 0.3) is 0 Å². The molecule has 5 nitrogen and oxygen atoms in total. The maximum Gasteiger partial charge on any atom is 0.255 e. The quantitative estimate of drug-likeness (QED) is 0.607. The molecule has 0 aromatic heterocycles. The molecular weight excluding hydrogens is 354 g/mol. The number of ether oxygens (including phenoxy) is 2. The first-order valence-electron chi connectivity index (χ1n) is 8.84. The van der Waals surface area contributed by atoms with E-state index >= 15 is 0 Å². The molecule has 0 spiro atoms. The van der Waals surface area contributed by atoms with E-state index in [0.717, 1.165) is 11.3 Å². The minimum Gasteiger partial charge on any atom is -0.497 e. The first-order chi connectivity index (χ1) is 13.6. The van der Waals surface area contributed by atoms with E-state index in [4.69, 9.17) is 9.47 Å². The maximum atomic E-state index is 12.5. The maximum absolute atomic E-state index is 12.5. The van der Waals surface area contributed by atoms with E-state index in [1.807, 2.05) is 36.4 Å². The van der Waals surface area contributed by atoms with Crippen molar-refractivity contribution in [2.45, 2.75) is 13.5 Å². The van der Waals surface area contributed by atoms with E-state index < -0.39 is 0 Å². The average molecular weight is 375 g/mol. The molecule has 28 heavy (non-hydrogen) atoms. The molecule has 3 aromatic carbocycles. The van der Waals surface area contributed by atoms with Gasteiger partial charge in [-0.05, 0) is 48.9 Å². The van der Waals surface area contributed by atoms with E-state index in [1.165, 1.54) is 6.92 Å². The number of carbonyl (C=O) groups is 2. The van der Waals surface area contributed by atoms with Crippen LogP contribution in [0.5, 0.6) is 11.5 Å². The summed E-state index contributed by atoms with van der Waals surface area (Å²) in [5.41, 5.74) is 2.57. The third-order valence-corrected chi connectivity index (χ3v) is 4.18. The monoisotopic (exact) mass is 375 g/mol. The Bertz CT molecular complexity index is 983. The second-order valence-electron chi connectivity index (χ2n) is 6.23. The van der Waals surface area contributed by atoms with Crippen LogP contribution >= 0.6 is 0 Å². The van der Waals surface area contributed by atoms with Gasteiger partial charge in [-0.15, -0.1) is 0 Å². The zero-order valence-electron chi connectivity index (χ0n) is 15.8. The van der Waals surface area contributed by atoms with Crippen LogP contribution in [-0.4, -0.2) is 18.8 Å². The molecular formula is C23H21NO4. The van der Waals surface area contributed by atoms with Gasteiger partial charge in [0.1, 0.15) is 18.1 Å². The van der Waals surface area contributed by atoms with Crippen LogP contribution in [0.15, 0.2) is 72.8 Å². The van der Waals surface area contributed by atoms with Gasteiger partial charge in [-0.1, -0.05) is 30.3 Å². The van der Waals surface area contributed by atoms with Gasteiger partial charge in [0.05, 0.1) is 12.7 Å². The van der Waals surface area contributed by atoms with Gasteiger partial charge in [0.25, 0.3) is 5.91 Å². The minimum absolute atomic E-state index is 0.0892. The van der Waals surface area contributed by atoms with Gasteiger partial charge in [0, 0.05) is 17.3 Å². The molecule has 3 aromatic rings. The van der Waals surface area contributed by atoms with Gasteiger partial charge in [0.15, 0.2) is 5.78 Å². The van der Waals surface area contributed by atoms with Crippen molar-refractivity contribution >= 4 is 17.4 Å². The second-order valence-corrected chi connectivity index (χ2v) is 6.23. The molecule has 0 fully saturated rings. The second kappa shape index (κ2) is 8.86. The molecule has 0 atom stereocenters. The standard InChI is InChI=1S/C23H21NO4/c1-16(25)21-12-11-20(27-2)14-22(21)28-15-17-7-6-8-18(13-17)23(26)24-19-9-4-3-5-10-19/h3-14H,15H2,1-2H3,(H,24,26). The number of ketones is 1. The van der Waals surface area contributed by atoms with E-state index in [-0.39, 0.29) is 18.3 Å². The number of nitrogens with one attached hydrogen (secondary N) is 1. The molecule has 1 amide bonds. The van der Waals surface area contributed by atoms with Crippen molar-refractivity contribution in [2.75, 3.05) is 12.4 Å². The zero-order chi connectivity index (χ0) is 19.9. The van der Waals surface area contributed by atoms with Gasteiger partial charge in [-0.25, -0.2) is 0 Å². The number of hydrogen-bond donors (Lipinski definition) is 1. The van der Waals surface area contributed by atoms with Crippen molar-refractivity contribution in [2.24, 2.45) is 0 Å². The third kappa shape index (κ3) is 4.76. The number of benzene rings is 3. The Kier molecular flexibility index (Phi) is 6.07. The highest BCUT2D eigenvalue weighted by Gasteiger charge is 2.11. The summed E-state index contributed by atoms with van der Waals surface area (Å²) in [6.45, 7) is 1.71. The summed E-state index contributed by atoms with van der Waals surface area (Å²) in [5, 5.41) is 2.86. The molecule has 142 valence electrons. The predicted octanol–water partition coefficient (Wildman–Crippen LogP) is 4.73. The Labute approximate surface area is 163 Å². The van der Waals surface area contributed by atoms with Gasteiger partial charge in [0.2, 0.25) is 0 Å². The number of carbonyl (C=O) groups excluding carboxylic acids is 2. The van der Waals surface area contributed by atoms with Crippen molar-refractivity contribution in [3.8, 4) is 11.5 Å². The summed E-state index contributed by atoms with van der Waals surface area (Å²) in [7, 11) is 1.56. The van der Waals surface area contributed by atoms with Crippen molar-refractivity contribution in [3.63, 3.8) is 0 Å².